The average Bonchev–Trinajstić information content (AvgIpc) is 2.10. The normalized spacial score (nSPS) is 10.9. The van der Waals surface area contributed by atoms with Gasteiger partial charge in [0.1, 0.15) is 0 Å². The number of carbonyl (C=O) groups is 3. The predicted octanol–water partition coefficient (Wildman–Crippen LogP) is 3.60. The van der Waals surface area contributed by atoms with E-state index in [1.807, 2.05) is 0 Å². The molecule has 7 heteroatoms. The van der Waals surface area contributed by atoms with Gasteiger partial charge in [0.25, 0.3) is 0 Å². The van der Waals surface area contributed by atoms with Crippen molar-refractivity contribution in [1.82, 2.24) is 0 Å². The predicted molar refractivity (Wildman–Crippen MR) is 82.9 cm³/mol. The number of nitrogens with one attached hydrogen (secondary N) is 1. The molecule has 1 radical (unpaired) electrons. The minimum Gasteiger partial charge on any atom is -0.702 e. The molecule has 0 aromatic carbocycles. The van der Waals surface area contributed by atoms with Gasteiger partial charge in [0.05, 0.1) is 11.5 Å². The molecule has 0 unspecified atom stereocenters. The van der Waals surface area contributed by atoms with E-state index in [1.54, 1.807) is 6.92 Å². The summed E-state index contributed by atoms with van der Waals surface area (Å²) in [6.07, 6.45) is 3.61. The fraction of sp³-hybridized carbons (Fsp3) is 0.400. The Bertz CT molecular complexity index is 372. The third-order valence-corrected chi connectivity index (χ3v) is 1.24. The van der Waals surface area contributed by atoms with Crippen molar-refractivity contribution in [3.8, 4) is 0 Å². The first kappa shape index (κ1) is 28.4. The SMILES string of the molecule is CC(=O)/C=C(/C)O.CC(=O)/C=C(/C)O.CC(=O)/C=C(/C)[NH-].[Ir]. The summed E-state index contributed by atoms with van der Waals surface area (Å²) in [4.78, 5) is 30.1. The van der Waals surface area contributed by atoms with Gasteiger partial charge in [-0.2, -0.15) is 5.70 Å². The average molecular weight is 491 g/mol. The van der Waals surface area contributed by atoms with Crippen LogP contribution < -0.4 is 0 Å². The van der Waals surface area contributed by atoms with E-state index in [0.29, 0.717) is 5.70 Å². The molecule has 22 heavy (non-hydrogen) atoms. The first-order valence-electron chi connectivity index (χ1n) is 6.04. The summed E-state index contributed by atoms with van der Waals surface area (Å²) in [5.74, 6) is -0.187. The largest absolute Gasteiger partial charge is 0.702 e. The molecule has 0 aliphatic rings. The molecule has 0 spiro atoms. The maximum Gasteiger partial charge on any atom is 0.155 e. The number of hydrogen-bond acceptors (Lipinski definition) is 5. The smallest absolute Gasteiger partial charge is 0.155 e. The van der Waals surface area contributed by atoms with E-state index in [-0.39, 0.29) is 49.0 Å². The van der Waals surface area contributed by atoms with E-state index in [9.17, 15) is 14.4 Å². The molecule has 0 aromatic rings. The summed E-state index contributed by atoms with van der Waals surface area (Å²) in [6, 6.07) is 0. The number of rotatable bonds is 3. The van der Waals surface area contributed by atoms with Crippen molar-refractivity contribution in [2.24, 2.45) is 0 Å². The van der Waals surface area contributed by atoms with Crippen LogP contribution in [0.2, 0.25) is 0 Å². The van der Waals surface area contributed by atoms with Crippen LogP contribution in [-0.4, -0.2) is 27.6 Å². The molecule has 0 saturated carbocycles. The molecule has 129 valence electrons. The van der Waals surface area contributed by atoms with E-state index in [4.69, 9.17) is 15.9 Å². The Morgan fingerprint density at radius 2 is 0.909 bits per heavy atom. The summed E-state index contributed by atoms with van der Waals surface area (Å²) >= 11 is 0. The summed E-state index contributed by atoms with van der Waals surface area (Å²) < 4.78 is 0. The van der Waals surface area contributed by atoms with Gasteiger partial charge < -0.3 is 15.9 Å². The Kier molecular flexibility index (Phi) is 22.4. The second kappa shape index (κ2) is 17.3. The van der Waals surface area contributed by atoms with Crippen molar-refractivity contribution in [1.29, 1.82) is 0 Å². The molecule has 0 heterocycles. The minimum absolute atomic E-state index is 0. The van der Waals surface area contributed by atoms with Crippen molar-refractivity contribution < 1.29 is 44.7 Å². The quantitative estimate of drug-likeness (QED) is 0.463. The van der Waals surface area contributed by atoms with Gasteiger partial charge in [-0.1, -0.05) is 6.92 Å². The minimum atomic E-state index is -0.125. The zero-order valence-corrected chi connectivity index (χ0v) is 16.1. The molecule has 0 atom stereocenters. The van der Waals surface area contributed by atoms with Crippen LogP contribution in [0.4, 0.5) is 0 Å². The molecule has 0 aromatic heterocycles. The standard InChI is InChI=1S/C5H9NO.2C5H8O2.Ir/c3*1-4(6)3-5(2)7;/h3H,1-2H3,(H2,6,7);2*3,6H,1-2H3;/p-1/b;2*4-3-;. The molecule has 0 saturated heterocycles. The first-order valence-corrected chi connectivity index (χ1v) is 6.04. The van der Waals surface area contributed by atoms with Gasteiger partial charge in [-0.3, -0.25) is 14.4 Å². The van der Waals surface area contributed by atoms with E-state index in [2.05, 4.69) is 0 Å². The van der Waals surface area contributed by atoms with Crippen molar-refractivity contribution in [2.75, 3.05) is 0 Å². The molecule has 0 amide bonds. The van der Waals surface area contributed by atoms with E-state index >= 15 is 0 Å². The third kappa shape index (κ3) is 51.7. The first-order chi connectivity index (χ1) is 9.38. The summed E-state index contributed by atoms with van der Waals surface area (Å²) in [7, 11) is 0. The molecule has 0 aliphatic heterocycles. The third-order valence-electron chi connectivity index (χ3n) is 1.24. The number of aliphatic hydroxyl groups is 2. The van der Waals surface area contributed by atoms with Crippen molar-refractivity contribution in [3.05, 3.63) is 41.2 Å². The summed E-state index contributed by atoms with van der Waals surface area (Å²) in [6.45, 7) is 8.70. The Hall–Kier alpha value is -1.72. The van der Waals surface area contributed by atoms with Gasteiger partial charge in [0, 0.05) is 32.3 Å². The number of aliphatic hydroxyl groups excluding tert-OH is 2. The maximum absolute atomic E-state index is 10.1. The molecule has 0 fully saturated rings. The van der Waals surface area contributed by atoms with Crippen LogP contribution in [-0.2, 0) is 34.5 Å². The van der Waals surface area contributed by atoms with Crippen LogP contribution in [0, 0.1) is 0 Å². The van der Waals surface area contributed by atoms with Gasteiger partial charge in [-0.05, 0) is 40.7 Å². The fourth-order valence-electron chi connectivity index (χ4n) is 0.893. The second-order valence-electron chi connectivity index (χ2n) is 4.23. The van der Waals surface area contributed by atoms with Gasteiger partial charge in [0.15, 0.2) is 17.3 Å². The number of ketones is 3. The fourth-order valence-corrected chi connectivity index (χ4v) is 0.893. The molecule has 6 nitrogen and oxygen atoms in total. The van der Waals surface area contributed by atoms with E-state index < -0.39 is 0 Å². The van der Waals surface area contributed by atoms with Crippen LogP contribution in [0.1, 0.15) is 41.5 Å². The Balaban J connectivity index is -0.000000108. The summed E-state index contributed by atoms with van der Waals surface area (Å²) in [5, 5.41) is 16.7. The monoisotopic (exact) mass is 491 g/mol. The Morgan fingerprint density at radius 3 is 0.909 bits per heavy atom. The zero-order valence-electron chi connectivity index (χ0n) is 13.7. The number of carbonyl (C=O) groups excluding carboxylic acids is 3. The second-order valence-corrected chi connectivity index (χ2v) is 4.23. The van der Waals surface area contributed by atoms with Crippen LogP contribution in [0.5, 0.6) is 0 Å². The van der Waals surface area contributed by atoms with Crippen LogP contribution >= 0.6 is 0 Å². The molecular formula is C15H24IrNO5-. The maximum atomic E-state index is 10.1. The van der Waals surface area contributed by atoms with Crippen LogP contribution in [0.25, 0.3) is 5.73 Å². The van der Waals surface area contributed by atoms with Crippen LogP contribution in [0.15, 0.2) is 35.4 Å². The van der Waals surface area contributed by atoms with Gasteiger partial charge in [-0.15, -0.1) is 0 Å². The zero-order chi connectivity index (χ0) is 17.6. The van der Waals surface area contributed by atoms with Crippen molar-refractivity contribution >= 4 is 17.3 Å². The molecular weight excluding hydrogens is 466 g/mol. The Labute approximate surface area is 145 Å². The Morgan fingerprint density at radius 1 is 0.682 bits per heavy atom. The number of allylic oxidation sites excluding steroid dienone is 6. The van der Waals surface area contributed by atoms with Crippen molar-refractivity contribution in [3.63, 3.8) is 0 Å². The van der Waals surface area contributed by atoms with Gasteiger partial charge >= 0.3 is 0 Å². The summed E-state index contributed by atoms with van der Waals surface area (Å²) in [5.41, 5.74) is 7.06. The van der Waals surface area contributed by atoms with Crippen molar-refractivity contribution in [2.45, 2.75) is 41.5 Å². The number of hydrogen-bond donors (Lipinski definition) is 2. The van der Waals surface area contributed by atoms with Crippen LogP contribution in [0.3, 0.4) is 0 Å². The molecule has 0 rings (SSSR count). The molecule has 0 aliphatic carbocycles. The van der Waals surface area contributed by atoms with Gasteiger partial charge in [-0.25, -0.2) is 0 Å². The van der Waals surface area contributed by atoms with E-state index in [1.165, 1.54) is 52.8 Å². The topological polar surface area (TPSA) is 115 Å². The van der Waals surface area contributed by atoms with Gasteiger partial charge in [0.2, 0.25) is 0 Å². The van der Waals surface area contributed by atoms with E-state index in [0.717, 1.165) is 0 Å². The molecule has 3 N–H and O–H groups in total. The molecule has 0 bridgehead atoms.